The van der Waals surface area contributed by atoms with Crippen molar-refractivity contribution in [3.05, 3.63) is 107 Å². The molecule has 0 bridgehead atoms. The lowest BCUT2D eigenvalue weighted by atomic mass is 9.72. The molecule has 8 heteroatoms. The topological polar surface area (TPSA) is 81.7 Å². The van der Waals surface area contributed by atoms with E-state index in [2.05, 4.69) is 0 Å². The van der Waals surface area contributed by atoms with Crippen LogP contribution in [0.15, 0.2) is 84.9 Å². The molecular weight excluding hydrogens is 548 g/mol. The zero-order valence-corrected chi connectivity index (χ0v) is 24.7. The molecule has 2 heterocycles. The molecule has 6 rings (SSSR count). The van der Waals surface area contributed by atoms with Crippen LogP contribution >= 0.6 is 0 Å². The van der Waals surface area contributed by atoms with Crippen molar-refractivity contribution >= 4 is 5.78 Å². The Morgan fingerprint density at radius 2 is 1.12 bits per heavy atom. The Morgan fingerprint density at radius 1 is 0.581 bits per heavy atom. The monoisotopic (exact) mass is 582 g/mol. The number of ketones is 1. The molecule has 0 saturated carbocycles. The maximum absolute atomic E-state index is 14.8. The third-order valence-electron chi connectivity index (χ3n) is 8.38. The fourth-order valence-electron chi connectivity index (χ4n) is 6.20. The molecule has 0 N–H and O–H groups in total. The quantitative estimate of drug-likeness (QED) is 0.200. The molecule has 4 aromatic carbocycles. The van der Waals surface area contributed by atoms with Crippen molar-refractivity contribution < 1.29 is 38.0 Å². The highest BCUT2D eigenvalue weighted by Crippen LogP contribution is 2.60. The minimum absolute atomic E-state index is 0.105. The van der Waals surface area contributed by atoms with Crippen molar-refractivity contribution in [1.82, 2.24) is 0 Å². The van der Waals surface area contributed by atoms with Crippen LogP contribution in [0.5, 0.6) is 34.5 Å². The van der Waals surface area contributed by atoms with Gasteiger partial charge >= 0.3 is 0 Å². The van der Waals surface area contributed by atoms with Crippen LogP contribution in [0.3, 0.4) is 0 Å². The van der Waals surface area contributed by atoms with Crippen LogP contribution in [0.4, 0.5) is 0 Å². The average molecular weight is 583 g/mol. The number of fused-ring (bicyclic) bond motifs is 3. The summed E-state index contributed by atoms with van der Waals surface area (Å²) in [6.07, 6.45) is -1.51. The van der Waals surface area contributed by atoms with E-state index in [0.717, 1.165) is 28.2 Å². The molecule has 2 aliphatic heterocycles. The Morgan fingerprint density at radius 3 is 1.70 bits per heavy atom. The van der Waals surface area contributed by atoms with E-state index in [4.69, 9.17) is 33.2 Å². The predicted octanol–water partition coefficient (Wildman–Crippen LogP) is 6.79. The summed E-state index contributed by atoms with van der Waals surface area (Å²) in [6, 6.07) is 26.4. The molecule has 4 aromatic rings. The molecular formula is C35H34O8. The van der Waals surface area contributed by atoms with Gasteiger partial charge in [0.1, 0.15) is 40.6 Å². The van der Waals surface area contributed by atoms with E-state index < -0.39 is 24.2 Å². The number of ether oxygens (including phenoxy) is 7. The van der Waals surface area contributed by atoms with Gasteiger partial charge in [-0.1, -0.05) is 24.3 Å². The molecule has 0 spiro atoms. The normalized spacial score (nSPS) is 22.0. The second-order valence-electron chi connectivity index (χ2n) is 10.5. The average Bonchev–Trinajstić information content (AvgIpc) is 3.48. The lowest BCUT2D eigenvalue weighted by Gasteiger charge is -2.37. The summed E-state index contributed by atoms with van der Waals surface area (Å²) in [4.78, 5) is 14.8. The van der Waals surface area contributed by atoms with E-state index in [0.29, 0.717) is 28.6 Å². The standard InChI is InChI=1S/C35H34O8/c1-37-22-10-6-20(7-11-22)33-30(32(36)26-16-14-24(39-3)18-28(26)41-5)31-34(21-8-12-23(38-2)13-9-21)42-29-19-25(40-4)15-17-27(29)35(31)43-33/h6-19,30-31,33-35H,1-5H3/t30-,31-,33-,34-,35+/m1/s1. The SMILES string of the molecule is COc1ccc([C@H]2O[C@H]3c4ccc(OC)cc4O[C@H](c4ccc(OC)cc4)[C@H]3[C@@H]2C(=O)c2ccc(OC)cc2OC)cc1. The van der Waals surface area contributed by atoms with Gasteiger partial charge in [-0.2, -0.15) is 0 Å². The highest BCUT2D eigenvalue weighted by Gasteiger charge is 2.56. The number of benzene rings is 4. The van der Waals surface area contributed by atoms with Gasteiger partial charge in [-0.05, 0) is 59.7 Å². The summed E-state index contributed by atoms with van der Waals surface area (Å²) in [5.74, 6) is 2.71. The Kier molecular flexibility index (Phi) is 7.86. The first-order chi connectivity index (χ1) is 21.0. The summed E-state index contributed by atoms with van der Waals surface area (Å²) in [5, 5.41) is 0. The fourth-order valence-corrected chi connectivity index (χ4v) is 6.20. The smallest absolute Gasteiger partial charge is 0.173 e. The van der Waals surface area contributed by atoms with E-state index in [1.807, 2.05) is 66.7 Å². The third-order valence-corrected chi connectivity index (χ3v) is 8.38. The highest BCUT2D eigenvalue weighted by molar-refractivity contribution is 6.01. The molecule has 0 aromatic heterocycles. The molecule has 8 nitrogen and oxygen atoms in total. The van der Waals surface area contributed by atoms with Gasteiger partial charge in [0.05, 0.1) is 59.2 Å². The summed E-state index contributed by atoms with van der Waals surface area (Å²) in [6.45, 7) is 0. The molecule has 0 unspecified atom stereocenters. The second-order valence-corrected chi connectivity index (χ2v) is 10.5. The van der Waals surface area contributed by atoms with Crippen LogP contribution in [0, 0.1) is 11.8 Å². The number of hydrogen-bond donors (Lipinski definition) is 0. The summed E-state index contributed by atoms with van der Waals surface area (Å²) in [5.41, 5.74) is 3.09. The van der Waals surface area contributed by atoms with Crippen LogP contribution < -0.4 is 28.4 Å². The lowest BCUT2D eigenvalue weighted by molar-refractivity contribution is -0.00738. The van der Waals surface area contributed by atoms with Crippen LogP contribution in [-0.4, -0.2) is 41.3 Å². The van der Waals surface area contributed by atoms with Crippen molar-refractivity contribution in [1.29, 1.82) is 0 Å². The number of Topliss-reactive ketones (excluding diaryl/α,β-unsaturated/α-hetero) is 1. The Labute approximate surface area is 251 Å². The maximum Gasteiger partial charge on any atom is 0.173 e. The van der Waals surface area contributed by atoms with Gasteiger partial charge in [0.2, 0.25) is 0 Å². The molecule has 5 atom stereocenters. The molecule has 1 fully saturated rings. The second kappa shape index (κ2) is 11.9. The number of hydrogen-bond acceptors (Lipinski definition) is 8. The molecule has 0 amide bonds. The van der Waals surface area contributed by atoms with Crippen molar-refractivity contribution in [2.45, 2.75) is 18.3 Å². The van der Waals surface area contributed by atoms with Crippen LogP contribution in [0.1, 0.15) is 45.4 Å². The largest absolute Gasteiger partial charge is 0.497 e. The zero-order valence-electron chi connectivity index (χ0n) is 24.7. The van der Waals surface area contributed by atoms with Gasteiger partial charge < -0.3 is 33.2 Å². The van der Waals surface area contributed by atoms with E-state index in [-0.39, 0.29) is 11.7 Å². The summed E-state index contributed by atoms with van der Waals surface area (Å²) in [7, 11) is 8.01. The molecule has 0 aliphatic carbocycles. The first-order valence-corrected chi connectivity index (χ1v) is 14.0. The Hall–Kier alpha value is -4.69. The van der Waals surface area contributed by atoms with Gasteiger partial charge in [0.25, 0.3) is 0 Å². The van der Waals surface area contributed by atoms with Crippen molar-refractivity contribution in [2.24, 2.45) is 11.8 Å². The van der Waals surface area contributed by atoms with Crippen molar-refractivity contribution in [3.63, 3.8) is 0 Å². The van der Waals surface area contributed by atoms with Crippen LogP contribution in [-0.2, 0) is 4.74 Å². The third kappa shape index (κ3) is 5.12. The minimum Gasteiger partial charge on any atom is -0.497 e. The molecule has 0 radical (unpaired) electrons. The van der Waals surface area contributed by atoms with Crippen molar-refractivity contribution in [2.75, 3.05) is 35.5 Å². The maximum atomic E-state index is 14.8. The summed E-state index contributed by atoms with van der Waals surface area (Å²) < 4.78 is 41.1. The number of carbonyl (C=O) groups excluding carboxylic acids is 1. The van der Waals surface area contributed by atoms with Gasteiger partial charge in [0, 0.05) is 23.6 Å². The number of carbonyl (C=O) groups is 1. The van der Waals surface area contributed by atoms with Crippen LogP contribution in [0.2, 0.25) is 0 Å². The van der Waals surface area contributed by atoms with Crippen LogP contribution in [0.25, 0.3) is 0 Å². The lowest BCUT2D eigenvalue weighted by Crippen LogP contribution is -2.35. The highest BCUT2D eigenvalue weighted by atomic mass is 16.5. The van der Waals surface area contributed by atoms with E-state index in [1.165, 1.54) is 0 Å². The minimum atomic E-state index is -0.622. The van der Waals surface area contributed by atoms with Gasteiger partial charge in [0.15, 0.2) is 5.78 Å². The Balaban J connectivity index is 1.53. The molecule has 43 heavy (non-hydrogen) atoms. The first kappa shape index (κ1) is 28.4. The van der Waals surface area contributed by atoms with Gasteiger partial charge in [-0.25, -0.2) is 0 Å². The number of methoxy groups -OCH3 is 5. The summed E-state index contributed by atoms with van der Waals surface area (Å²) >= 11 is 0. The van der Waals surface area contributed by atoms with E-state index in [1.54, 1.807) is 53.7 Å². The zero-order chi connectivity index (χ0) is 30.1. The molecule has 2 aliphatic rings. The van der Waals surface area contributed by atoms with Gasteiger partial charge in [-0.15, -0.1) is 0 Å². The van der Waals surface area contributed by atoms with Gasteiger partial charge in [-0.3, -0.25) is 4.79 Å². The van der Waals surface area contributed by atoms with E-state index >= 15 is 0 Å². The number of rotatable bonds is 9. The molecule has 222 valence electrons. The predicted molar refractivity (Wildman–Crippen MR) is 160 cm³/mol. The van der Waals surface area contributed by atoms with Crippen molar-refractivity contribution in [3.8, 4) is 34.5 Å². The van der Waals surface area contributed by atoms with E-state index in [9.17, 15) is 4.79 Å². The Bertz CT molecular complexity index is 1600. The fraction of sp³-hybridized carbons (Fsp3) is 0.286. The molecule has 1 saturated heterocycles. The first-order valence-electron chi connectivity index (χ1n) is 14.0.